The van der Waals surface area contributed by atoms with Gasteiger partial charge in [0.1, 0.15) is 0 Å². The quantitative estimate of drug-likeness (QED) is 0.597. The minimum atomic E-state index is -0.170. The number of hydrogen-bond donors (Lipinski definition) is 2. The number of nitrogens with zero attached hydrogens (tertiary/aromatic N) is 1. The Bertz CT molecular complexity index is 419. The summed E-state index contributed by atoms with van der Waals surface area (Å²) >= 11 is 5.97. The van der Waals surface area contributed by atoms with Crippen LogP contribution in [0.2, 0.25) is 5.02 Å². The highest BCUT2D eigenvalue weighted by Gasteiger charge is 2.10. The largest absolute Gasteiger partial charge is 0.399 e. The van der Waals surface area contributed by atoms with Gasteiger partial charge in [0.15, 0.2) is 0 Å². The molecule has 4 nitrogen and oxygen atoms in total. The van der Waals surface area contributed by atoms with Crippen LogP contribution in [-0.4, -0.2) is 37.0 Å². The lowest BCUT2D eigenvalue weighted by atomic mass is 10.2. The molecule has 0 unspecified atom stereocenters. The van der Waals surface area contributed by atoms with Crippen molar-refractivity contribution in [2.75, 3.05) is 31.9 Å². The van der Waals surface area contributed by atoms with E-state index in [-0.39, 0.29) is 5.91 Å². The van der Waals surface area contributed by atoms with Gasteiger partial charge in [0.2, 0.25) is 0 Å². The maximum atomic E-state index is 11.9. The van der Waals surface area contributed by atoms with Gasteiger partial charge < -0.3 is 16.0 Å². The highest BCUT2D eigenvalue weighted by atomic mass is 35.5. The lowest BCUT2D eigenvalue weighted by Crippen LogP contribution is -2.30. The molecule has 19 heavy (non-hydrogen) atoms. The summed E-state index contributed by atoms with van der Waals surface area (Å²) < 4.78 is 0. The number of nitrogen functional groups attached to an aromatic ring is 1. The van der Waals surface area contributed by atoms with Gasteiger partial charge in [0.05, 0.1) is 10.6 Å². The third-order valence-electron chi connectivity index (χ3n) is 3.07. The second-order valence-corrected chi connectivity index (χ2v) is 4.78. The van der Waals surface area contributed by atoms with Gasteiger partial charge in [0.25, 0.3) is 5.91 Å². The van der Waals surface area contributed by atoms with Crippen LogP contribution in [0.25, 0.3) is 0 Å². The maximum Gasteiger partial charge on any atom is 0.252 e. The number of rotatable bonds is 7. The van der Waals surface area contributed by atoms with Crippen LogP contribution >= 0.6 is 11.6 Å². The van der Waals surface area contributed by atoms with Crippen molar-refractivity contribution in [2.24, 2.45) is 0 Å². The predicted molar refractivity (Wildman–Crippen MR) is 80.6 cm³/mol. The molecule has 0 aliphatic heterocycles. The molecule has 1 aromatic rings. The van der Waals surface area contributed by atoms with Crippen LogP contribution in [0.5, 0.6) is 0 Å². The van der Waals surface area contributed by atoms with E-state index < -0.39 is 0 Å². The van der Waals surface area contributed by atoms with E-state index >= 15 is 0 Å². The molecule has 0 aliphatic carbocycles. The molecule has 0 saturated carbocycles. The molecule has 0 bridgehead atoms. The van der Waals surface area contributed by atoms with E-state index in [0.717, 1.165) is 26.1 Å². The Kier molecular flexibility index (Phi) is 6.67. The van der Waals surface area contributed by atoms with E-state index in [9.17, 15) is 4.79 Å². The summed E-state index contributed by atoms with van der Waals surface area (Å²) in [6.07, 6.45) is 0.924. The first-order valence-electron chi connectivity index (χ1n) is 6.64. The van der Waals surface area contributed by atoms with E-state index in [2.05, 4.69) is 24.1 Å². The Balaban J connectivity index is 2.41. The fraction of sp³-hybridized carbons (Fsp3) is 0.500. The van der Waals surface area contributed by atoms with Crippen LogP contribution in [0.4, 0.5) is 5.69 Å². The van der Waals surface area contributed by atoms with Crippen molar-refractivity contribution >= 4 is 23.2 Å². The SMILES string of the molecule is CCN(CC)CCCNC(=O)c1cc(N)ccc1Cl. The van der Waals surface area contributed by atoms with Gasteiger partial charge in [-0.1, -0.05) is 25.4 Å². The number of carbonyl (C=O) groups is 1. The van der Waals surface area contributed by atoms with Crippen molar-refractivity contribution in [3.05, 3.63) is 28.8 Å². The van der Waals surface area contributed by atoms with Gasteiger partial charge >= 0.3 is 0 Å². The molecule has 0 spiro atoms. The molecular weight excluding hydrogens is 262 g/mol. The minimum Gasteiger partial charge on any atom is -0.399 e. The normalized spacial score (nSPS) is 10.7. The molecule has 1 aromatic carbocycles. The number of amides is 1. The highest BCUT2D eigenvalue weighted by molar-refractivity contribution is 6.34. The Morgan fingerprint density at radius 2 is 2.05 bits per heavy atom. The van der Waals surface area contributed by atoms with Crippen molar-refractivity contribution in [3.8, 4) is 0 Å². The van der Waals surface area contributed by atoms with Crippen LogP contribution in [0, 0.1) is 0 Å². The second-order valence-electron chi connectivity index (χ2n) is 4.38. The van der Waals surface area contributed by atoms with E-state index in [4.69, 9.17) is 17.3 Å². The molecule has 3 N–H and O–H groups in total. The first-order valence-corrected chi connectivity index (χ1v) is 7.01. The van der Waals surface area contributed by atoms with Crippen LogP contribution in [-0.2, 0) is 0 Å². The van der Waals surface area contributed by atoms with Crippen molar-refractivity contribution in [1.82, 2.24) is 10.2 Å². The Hall–Kier alpha value is -1.26. The molecule has 0 heterocycles. The fourth-order valence-corrected chi connectivity index (χ4v) is 2.06. The summed E-state index contributed by atoms with van der Waals surface area (Å²) in [4.78, 5) is 14.3. The van der Waals surface area contributed by atoms with Crippen molar-refractivity contribution in [1.29, 1.82) is 0 Å². The number of hydrogen-bond acceptors (Lipinski definition) is 3. The van der Waals surface area contributed by atoms with E-state index in [1.165, 1.54) is 0 Å². The van der Waals surface area contributed by atoms with Gasteiger partial charge in [-0.2, -0.15) is 0 Å². The summed E-state index contributed by atoms with van der Waals surface area (Å²) in [5.74, 6) is -0.170. The molecule has 0 atom stereocenters. The Morgan fingerprint density at radius 1 is 1.37 bits per heavy atom. The number of halogens is 1. The molecule has 0 aliphatic rings. The molecule has 5 heteroatoms. The molecule has 0 aromatic heterocycles. The summed E-state index contributed by atoms with van der Waals surface area (Å²) in [7, 11) is 0. The monoisotopic (exact) mass is 283 g/mol. The Morgan fingerprint density at radius 3 is 2.68 bits per heavy atom. The summed E-state index contributed by atoms with van der Waals surface area (Å²) in [5, 5.41) is 3.29. The van der Waals surface area contributed by atoms with Crippen LogP contribution < -0.4 is 11.1 Å². The third kappa shape index (κ3) is 5.09. The first kappa shape index (κ1) is 15.8. The van der Waals surface area contributed by atoms with E-state index in [1.807, 2.05) is 0 Å². The van der Waals surface area contributed by atoms with Crippen molar-refractivity contribution in [2.45, 2.75) is 20.3 Å². The van der Waals surface area contributed by atoms with Gasteiger partial charge in [0, 0.05) is 12.2 Å². The standard InChI is InChI=1S/C14H22ClN3O/c1-3-18(4-2)9-5-8-17-14(19)12-10-11(16)6-7-13(12)15/h6-7,10H,3-5,8-9,16H2,1-2H3,(H,17,19). The molecule has 0 fully saturated rings. The van der Waals surface area contributed by atoms with Gasteiger partial charge in [-0.3, -0.25) is 4.79 Å². The number of carbonyl (C=O) groups excluding carboxylic acids is 1. The zero-order valence-electron chi connectivity index (χ0n) is 11.6. The van der Waals surface area contributed by atoms with Crippen LogP contribution in [0.1, 0.15) is 30.6 Å². The van der Waals surface area contributed by atoms with E-state index in [0.29, 0.717) is 22.8 Å². The third-order valence-corrected chi connectivity index (χ3v) is 3.40. The Labute approximate surface area is 119 Å². The average molecular weight is 284 g/mol. The first-order chi connectivity index (χ1) is 9.08. The molecule has 106 valence electrons. The number of anilines is 1. The smallest absolute Gasteiger partial charge is 0.252 e. The second kappa shape index (κ2) is 8.02. The lowest BCUT2D eigenvalue weighted by molar-refractivity contribution is 0.0952. The van der Waals surface area contributed by atoms with Gasteiger partial charge in [-0.05, 0) is 44.3 Å². The highest BCUT2D eigenvalue weighted by Crippen LogP contribution is 2.18. The summed E-state index contributed by atoms with van der Waals surface area (Å²) in [6.45, 7) is 7.96. The predicted octanol–water partition coefficient (Wildman–Crippen LogP) is 2.38. The lowest BCUT2D eigenvalue weighted by Gasteiger charge is -2.17. The number of benzene rings is 1. The van der Waals surface area contributed by atoms with Gasteiger partial charge in [-0.15, -0.1) is 0 Å². The number of nitrogens with one attached hydrogen (secondary N) is 1. The maximum absolute atomic E-state index is 11.9. The summed E-state index contributed by atoms with van der Waals surface area (Å²) in [6, 6.07) is 4.92. The molecule has 0 saturated heterocycles. The van der Waals surface area contributed by atoms with Crippen molar-refractivity contribution in [3.63, 3.8) is 0 Å². The molecule has 1 rings (SSSR count). The molecular formula is C14H22ClN3O. The van der Waals surface area contributed by atoms with Crippen LogP contribution in [0.3, 0.4) is 0 Å². The average Bonchev–Trinajstić information content (AvgIpc) is 2.41. The fourth-order valence-electron chi connectivity index (χ4n) is 1.86. The molecule has 0 radical (unpaired) electrons. The van der Waals surface area contributed by atoms with E-state index in [1.54, 1.807) is 18.2 Å². The molecule has 1 amide bonds. The van der Waals surface area contributed by atoms with Crippen LogP contribution in [0.15, 0.2) is 18.2 Å². The van der Waals surface area contributed by atoms with Crippen molar-refractivity contribution < 1.29 is 4.79 Å². The minimum absolute atomic E-state index is 0.170. The topological polar surface area (TPSA) is 58.4 Å². The summed E-state index contributed by atoms with van der Waals surface area (Å²) in [5.41, 5.74) is 6.62. The number of nitrogens with two attached hydrogens (primary N) is 1. The zero-order chi connectivity index (χ0) is 14.3. The zero-order valence-corrected chi connectivity index (χ0v) is 12.3. The van der Waals surface area contributed by atoms with Gasteiger partial charge in [-0.25, -0.2) is 0 Å².